The molecule has 0 unspecified atom stereocenters. The highest BCUT2D eigenvalue weighted by Crippen LogP contribution is 2.30. The Morgan fingerprint density at radius 3 is 1.94 bits per heavy atom. The molecule has 3 rings (SSSR count). The van der Waals surface area contributed by atoms with E-state index >= 15 is 0 Å². The third kappa shape index (κ3) is 6.19. The van der Waals surface area contributed by atoms with Crippen molar-refractivity contribution >= 4 is 34.8 Å². The lowest BCUT2D eigenvalue weighted by molar-refractivity contribution is -0.121. The Bertz CT molecular complexity index is 1200. The highest BCUT2D eigenvalue weighted by molar-refractivity contribution is 6.04. The monoisotopic (exact) mass is 490 g/mol. The summed E-state index contributed by atoms with van der Waals surface area (Å²) < 4.78 is 11.2. The van der Waals surface area contributed by atoms with Gasteiger partial charge in [0, 0.05) is 19.8 Å². The van der Waals surface area contributed by atoms with Gasteiger partial charge in [-0.1, -0.05) is 42.5 Å². The third-order valence-electron chi connectivity index (χ3n) is 5.61. The number of hydrogen-bond donors (Lipinski definition) is 1. The zero-order valence-corrected chi connectivity index (χ0v) is 20.6. The molecule has 0 atom stereocenters. The fourth-order valence-corrected chi connectivity index (χ4v) is 3.53. The normalized spacial score (nSPS) is 10.3. The lowest BCUT2D eigenvalue weighted by atomic mass is 10.2. The fraction of sp³-hybridized carbons (Fsp3) is 0.222. The van der Waals surface area contributed by atoms with E-state index in [-0.39, 0.29) is 37.3 Å². The van der Waals surface area contributed by atoms with Gasteiger partial charge < -0.3 is 25.0 Å². The highest BCUT2D eigenvalue weighted by atomic mass is 16.5. The lowest BCUT2D eigenvalue weighted by Crippen LogP contribution is -2.44. The molecule has 0 aliphatic heterocycles. The quantitative estimate of drug-likeness (QED) is 0.469. The van der Waals surface area contributed by atoms with Crippen LogP contribution in [0.3, 0.4) is 0 Å². The molecular formula is C27H30N4O5. The van der Waals surface area contributed by atoms with Gasteiger partial charge in [0.15, 0.2) is 6.61 Å². The minimum absolute atomic E-state index is 0.253. The van der Waals surface area contributed by atoms with Crippen molar-refractivity contribution in [2.75, 3.05) is 55.6 Å². The van der Waals surface area contributed by atoms with Gasteiger partial charge in [-0.15, -0.1) is 0 Å². The number of likely N-dealkylation sites (N-methyl/N-ethyl adjacent to an activating group) is 2. The Kier molecular flexibility index (Phi) is 9.01. The van der Waals surface area contributed by atoms with Crippen LogP contribution in [0.4, 0.5) is 17.1 Å². The van der Waals surface area contributed by atoms with Gasteiger partial charge in [0.2, 0.25) is 11.8 Å². The Balaban J connectivity index is 1.78. The maximum Gasteiger partial charge on any atom is 0.264 e. The Morgan fingerprint density at radius 1 is 0.722 bits per heavy atom. The summed E-state index contributed by atoms with van der Waals surface area (Å²) in [5.41, 5.74) is 7.28. The van der Waals surface area contributed by atoms with Crippen LogP contribution in [0.25, 0.3) is 0 Å². The van der Waals surface area contributed by atoms with E-state index in [0.717, 1.165) is 0 Å². The molecular weight excluding hydrogens is 460 g/mol. The topological polar surface area (TPSA) is 105 Å². The molecule has 9 heteroatoms. The van der Waals surface area contributed by atoms with Gasteiger partial charge in [0.05, 0.1) is 25.0 Å². The van der Waals surface area contributed by atoms with Crippen molar-refractivity contribution in [1.29, 1.82) is 0 Å². The molecule has 3 aromatic rings. The molecule has 0 radical (unpaired) electrons. The van der Waals surface area contributed by atoms with Crippen molar-refractivity contribution in [3.05, 3.63) is 78.9 Å². The smallest absolute Gasteiger partial charge is 0.264 e. The molecule has 0 heterocycles. The van der Waals surface area contributed by atoms with Crippen LogP contribution in [0.2, 0.25) is 0 Å². The van der Waals surface area contributed by atoms with E-state index in [1.165, 1.54) is 21.8 Å². The molecule has 3 amide bonds. The van der Waals surface area contributed by atoms with Gasteiger partial charge >= 0.3 is 0 Å². The van der Waals surface area contributed by atoms with Crippen LogP contribution in [0.15, 0.2) is 78.9 Å². The number of ether oxygens (including phenoxy) is 2. The van der Waals surface area contributed by atoms with E-state index in [4.69, 9.17) is 15.2 Å². The molecule has 0 aliphatic rings. The predicted octanol–water partition coefficient (Wildman–Crippen LogP) is 2.69. The molecule has 36 heavy (non-hydrogen) atoms. The van der Waals surface area contributed by atoms with E-state index in [0.29, 0.717) is 22.8 Å². The number of amides is 3. The molecule has 0 aliphatic carbocycles. The van der Waals surface area contributed by atoms with E-state index in [2.05, 4.69) is 0 Å². The van der Waals surface area contributed by atoms with Crippen molar-refractivity contribution in [2.24, 2.45) is 5.73 Å². The summed E-state index contributed by atoms with van der Waals surface area (Å²) in [5, 5.41) is 0. The lowest BCUT2D eigenvalue weighted by Gasteiger charge is -2.27. The van der Waals surface area contributed by atoms with Crippen LogP contribution in [-0.2, 0) is 14.4 Å². The average molecular weight is 491 g/mol. The van der Waals surface area contributed by atoms with Crippen LogP contribution in [0, 0.1) is 0 Å². The van der Waals surface area contributed by atoms with E-state index in [9.17, 15) is 14.4 Å². The molecule has 2 N–H and O–H groups in total. The van der Waals surface area contributed by atoms with Gasteiger partial charge in [-0.05, 0) is 36.4 Å². The number of methoxy groups -OCH3 is 1. The number of nitrogens with two attached hydrogens (primary N) is 1. The Hall–Kier alpha value is -4.37. The summed E-state index contributed by atoms with van der Waals surface area (Å²) >= 11 is 0. The maximum atomic E-state index is 13.0. The Morgan fingerprint density at radius 2 is 1.31 bits per heavy atom. The number of para-hydroxylation sites is 5. The van der Waals surface area contributed by atoms with E-state index in [1.807, 2.05) is 24.3 Å². The maximum absolute atomic E-state index is 13.0. The first-order chi connectivity index (χ1) is 17.4. The number of hydrogen-bond acceptors (Lipinski definition) is 6. The highest BCUT2D eigenvalue weighted by Gasteiger charge is 2.24. The number of rotatable bonds is 10. The second-order valence-corrected chi connectivity index (χ2v) is 7.85. The first-order valence-electron chi connectivity index (χ1n) is 11.3. The molecule has 9 nitrogen and oxygen atoms in total. The molecule has 188 valence electrons. The van der Waals surface area contributed by atoms with Crippen molar-refractivity contribution in [2.45, 2.75) is 0 Å². The van der Waals surface area contributed by atoms with Crippen LogP contribution in [0.1, 0.15) is 0 Å². The minimum Gasteiger partial charge on any atom is -0.495 e. The summed E-state index contributed by atoms with van der Waals surface area (Å²) in [5.74, 6) is -0.278. The van der Waals surface area contributed by atoms with Crippen LogP contribution in [-0.4, -0.2) is 58.6 Å². The zero-order valence-electron chi connectivity index (χ0n) is 20.6. The summed E-state index contributed by atoms with van der Waals surface area (Å²) in [7, 11) is 4.79. The molecule has 0 spiro atoms. The summed E-state index contributed by atoms with van der Waals surface area (Å²) in [6.45, 7) is -0.850. The summed E-state index contributed by atoms with van der Waals surface area (Å²) in [6.07, 6.45) is 0. The number of nitrogens with zero attached hydrogens (tertiary/aromatic N) is 3. The van der Waals surface area contributed by atoms with Crippen LogP contribution >= 0.6 is 0 Å². The van der Waals surface area contributed by atoms with Gasteiger partial charge in [-0.3, -0.25) is 19.3 Å². The first kappa shape index (κ1) is 26.2. The molecule has 0 fully saturated rings. The van der Waals surface area contributed by atoms with Crippen molar-refractivity contribution in [3.63, 3.8) is 0 Å². The second kappa shape index (κ2) is 12.4. The summed E-state index contributed by atoms with van der Waals surface area (Å²) in [6, 6.07) is 23.0. The van der Waals surface area contributed by atoms with E-state index < -0.39 is 5.91 Å². The van der Waals surface area contributed by atoms with Crippen molar-refractivity contribution in [3.8, 4) is 11.5 Å². The molecule has 0 saturated carbocycles. The minimum atomic E-state index is -0.460. The number of carbonyl (C=O) groups is 3. The van der Waals surface area contributed by atoms with Gasteiger partial charge in [0.1, 0.15) is 18.0 Å². The largest absolute Gasteiger partial charge is 0.495 e. The van der Waals surface area contributed by atoms with Crippen LogP contribution in [0.5, 0.6) is 11.5 Å². The number of carbonyl (C=O) groups excluding carboxylic acids is 3. The fourth-order valence-electron chi connectivity index (χ4n) is 3.53. The third-order valence-corrected chi connectivity index (χ3v) is 5.61. The van der Waals surface area contributed by atoms with E-state index in [1.54, 1.807) is 68.7 Å². The van der Waals surface area contributed by atoms with Crippen molar-refractivity contribution in [1.82, 2.24) is 0 Å². The van der Waals surface area contributed by atoms with Gasteiger partial charge in [-0.2, -0.15) is 0 Å². The zero-order chi connectivity index (χ0) is 26.1. The van der Waals surface area contributed by atoms with Gasteiger partial charge in [-0.25, -0.2) is 0 Å². The second-order valence-electron chi connectivity index (χ2n) is 7.85. The Labute approximate surface area is 210 Å². The predicted molar refractivity (Wildman–Crippen MR) is 140 cm³/mol. The summed E-state index contributed by atoms with van der Waals surface area (Å²) in [4.78, 5) is 42.8. The van der Waals surface area contributed by atoms with Crippen LogP contribution < -0.4 is 29.9 Å². The standard InChI is InChI=1S/C27H30N4O5/c1-29(20-11-5-4-6-12-20)26(33)18-31(25(32)17-28)22-14-8-10-16-24(22)36-19-27(34)30(2)21-13-7-9-15-23(21)35-3/h4-16H,17-19,28H2,1-3H3. The SMILES string of the molecule is COc1ccccc1N(C)C(=O)COc1ccccc1N(CC(=O)N(C)c1ccccc1)C(=O)CN. The molecule has 3 aromatic carbocycles. The molecule has 0 bridgehead atoms. The average Bonchev–Trinajstić information content (AvgIpc) is 2.93. The van der Waals surface area contributed by atoms with Gasteiger partial charge in [0.25, 0.3) is 5.91 Å². The molecule has 0 saturated heterocycles. The van der Waals surface area contributed by atoms with Crippen molar-refractivity contribution < 1.29 is 23.9 Å². The number of anilines is 3. The number of benzene rings is 3. The first-order valence-corrected chi connectivity index (χ1v) is 11.3. The molecule has 0 aromatic heterocycles.